The van der Waals surface area contributed by atoms with Gasteiger partial charge in [0, 0.05) is 12.1 Å². The van der Waals surface area contributed by atoms with Crippen LogP contribution in [0.2, 0.25) is 0 Å². The van der Waals surface area contributed by atoms with Crippen LogP contribution in [0.1, 0.15) is 38.5 Å². The summed E-state index contributed by atoms with van der Waals surface area (Å²) in [6, 6.07) is -0.165. The molecule has 2 aliphatic heterocycles. The molecular weight excluding hydrogens is 447 g/mol. The van der Waals surface area contributed by atoms with Crippen molar-refractivity contribution in [3.63, 3.8) is 0 Å². The summed E-state index contributed by atoms with van der Waals surface area (Å²) in [5.74, 6) is -3.71. The number of aliphatic hydroxyl groups excluding tert-OH is 3. The molecule has 0 aromatic carbocycles. The summed E-state index contributed by atoms with van der Waals surface area (Å²) in [6.45, 7) is -0.748. The average Bonchev–Trinajstić information content (AvgIpc) is 3.01. The van der Waals surface area contributed by atoms with E-state index in [1.54, 1.807) is 0 Å². The minimum Gasteiger partial charge on any atom is -0.499 e. The van der Waals surface area contributed by atoms with Gasteiger partial charge in [-0.2, -0.15) is 0 Å². The molecule has 2 aliphatic carbocycles. The third-order valence-corrected chi connectivity index (χ3v) is 7.61. The molecule has 12 nitrogen and oxygen atoms in total. The minimum atomic E-state index is -1.89. The number of rotatable bonds is 7. The van der Waals surface area contributed by atoms with Crippen LogP contribution >= 0.6 is 8.53 Å². The fourth-order valence-corrected chi connectivity index (χ4v) is 5.86. The molecule has 0 bridgehead atoms. The van der Waals surface area contributed by atoms with Crippen LogP contribution in [0.4, 0.5) is 0 Å². The highest BCUT2D eigenvalue weighted by Crippen LogP contribution is 2.56. The zero-order valence-corrected chi connectivity index (χ0v) is 18.2. The van der Waals surface area contributed by atoms with Gasteiger partial charge in [-0.3, -0.25) is 9.59 Å². The molecule has 2 saturated carbocycles. The minimum absolute atomic E-state index is 0.0447. The zero-order valence-electron chi connectivity index (χ0n) is 17.3. The molecule has 1 saturated heterocycles. The second-order valence-electron chi connectivity index (χ2n) is 8.65. The summed E-state index contributed by atoms with van der Waals surface area (Å²) in [5, 5.41) is 31.7. The van der Waals surface area contributed by atoms with Gasteiger partial charge in [0.15, 0.2) is 17.3 Å². The molecule has 178 valence electrons. The number of cyclic esters (lactones) is 1. The van der Waals surface area contributed by atoms with Gasteiger partial charge in [0.2, 0.25) is 5.76 Å². The van der Waals surface area contributed by atoms with Gasteiger partial charge in [-0.05, 0) is 31.6 Å². The second kappa shape index (κ2) is 9.11. The number of nitrogens with one attached hydrogen (secondary N) is 1. The first-order chi connectivity index (χ1) is 15.2. The van der Waals surface area contributed by atoms with Gasteiger partial charge < -0.3 is 39.6 Å². The Morgan fingerprint density at radius 3 is 2.47 bits per heavy atom. The SMILES string of the molecule is N[C@@H]1CCCC[C@H]1NP1OC(=O)C2(CC(COC3=C(O)C(=O)O[C@@H]3[C@@H](O)CO)C2)C(=O)O1. The lowest BCUT2D eigenvalue weighted by molar-refractivity contribution is -0.179. The van der Waals surface area contributed by atoms with E-state index in [2.05, 4.69) is 5.09 Å². The molecule has 0 aromatic heterocycles. The lowest BCUT2D eigenvalue weighted by Crippen LogP contribution is -2.55. The van der Waals surface area contributed by atoms with Crippen molar-refractivity contribution in [2.45, 2.75) is 62.8 Å². The molecule has 4 atom stereocenters. The molecule has 1 spiro atoms. The average molecular weight is 474 g/mol. The van der Waals surface area contributed by atoms with Crippen molar-refractivity contribution >= 4 is 26.4 Å². The maximum absolute atomic E-state index is 12.6. The summed E-state index contributed by atoms with van der Waals surface area (Å²) >= 11 is 0. The number of hydrogen-bond donors (Lipinski definition) is 5. The predicted molar refractivity (Wildman–Crippen MR) is 106 cm³/mol. The predicted octanol–water partition coefficient (Wildman–Crippen LogP) is -0.366. The summed E-state index contributed by atoms with van der Waals surface area (Å²) in [7, 11) is -1.89. The van der Waals surface area contributed by atoms with Crippen molar-refractivity contribution in [1.29, 1.82) is 0 Å². The molecule has 4 aliphatic rings. The van der Waals surface area contributed by atoms with Gasteiger partial charge in [-0.15, -0.1) is 0 Å². The monoisotopic (exact) mass is 474 g/mol. The van der Waals surface area contributed by atoms with Gasteiger partial charge in [0.25, 0.3) is 0 Å². The third kappa shape index (κ3) is 4.17. The number of aliphatic hydroxyl groups is 3. The van der Waals surface area contributed by atoms with Crippen LogP contribution in [0.15, 0.2) is 11.5 Å². The highest BCUT2D eigenvalue weighted by Gasteiger charge is 2.62. The van der Waals surface area contributed by atoms with Gasteiger partial charge in [-0.1, -0.05) is 12.8 Å². The van der Waals surface area contributed by atoms with Gasteiger partial charge in [0.1, 0.15) is 6.10 Å². The van der Waals surface area contributed by atoms with Crippen molar-refractivity contribution in [3.8, 4) is 0 Å². The standard InChI is InChI=1S/C19H27N2O10P/c20-10-3-1-2-4-11(10)21-32-30-17(26)19(18(27)31-32)5-9(6-19)8-28-15-13(24)16(25)29-14(15)12(23)7-22/h9-12,14,21-24H,1-8,20H2/t9?,10-,11-,12+,14-,19?,32?/m1/s1. The van der Waals surface area contributed by atoms with E-state index in [0.717, 1.165) is 25.7 Å². The Balaban J connectivity index is 1.30. The Hall–Kier alpha value is -1.98. The number of hydrogen-bond acceptors (Lipinski definition) is 12. The number of esters is 1. The van der Waals surface area contributed by atoms with Crippen molar-refractivity contribution in [3.05, 3.63) is 11.5 Å². The van der Waals surface area contributed by atoms with E-state index in [1.165, 1.54) is 0 Å². The van der Waals surface area contributed by atoms with Gasteiger partial charge >= 0.3 is 26.4 Å². The molecule has 0 amide bonds. The first-order valence-electron chi connectivity index (χ1n) is 10.6. The van der Waals surface area contributed by atoms with Crippen LogP contribution in [-0.2, 0) is 32.9 Å². The maximum atomic E-state index is 12.6. The Kier molecular flexibility index (Phi) is 6.60. The molecule has 13 heteroatoms. The van der Waals surface area contributed by atoms with Crippen molar-refractivity contribution in [2.75, 3.05) is 13.2 Å². The molecule has 3 fully saturated rings. The largest absolute Gasteiger partial charge is 0.499 e. The smallest absolute Gasteiger partial charge is 0.386 e. The van der Waals surface area contributed by atoms with Gasteiger partial charge in [0.05, 0.1) is 13.2 Å². The number of ether oxygens (including phenoxy) is 2. The van der Waals surface area contributed by atoms with Crippen LogP contribution < -0.4 is 10.8 Å². The molecular formula is C19H27N2O10P. The van der Waals surface area contributed by atoms with E-state index < -0.39 is 56.4 Å². The normalized spacial score (nSPS) is 38.1. The first-order valence-corrected chi connectivity index (χ1v) is 11.8. The fourth-order valence-electron chi connectivity index (χ4n) is 4.48. The number of carbonyl (C=O) groups is 3. The molecule has 32 heavy (non-hydrogen) atoms. The van der Waals surface area contributed by atoms with Crippen molar-refractivity contribution in [1.82, 2.24) is 5.09 Å². The first kappa shape index (κ1) is 23.2. The van der Waals surface area contributed by atoms with E-state index in [1.807, 2.05) is 0 Å². The number of nitrogens with two attached hydrogens (primary N) is 1. The van der Waals surface area contributed by atoms with E-state index >= 15 is 0 Å². The highest BCUT2D eigenvalue weighted by molar-refractivity contribution is 7.46. The summed E-state index contributed by atoms with van der Waals surface area (Å²) < 4.78 is 21.0. The zero-order chi connectivity index (χ0) is 23.0. The van der Waals surface area contributed by atoms with Crippen LogP contribution in [0.5, 0.6) is 0 Å². The molecule has 0 unspecified atom stereocenters. The lowest BCUT2D eigenvalue weighted by atomic mass is 9.62. The second-order valence-corrected chi connectivity index (χ2v) is 9.79. The Labute approximate surface area is 185 Å². The van der Waals surface area contributed by atoms with E-state index in [0.29, 0.717) is 0 Å². The molecule has 0 radical (unpaired) electrons. The Morgan fingerprint density at radius 2 is 1.84 bits per heavy atom. The summed E-state index contributed by atoms with van der Waals surface area (Å²) in [6.07, 6.45) is 1.16. The molecule has 0 aromatic rings. The lowest BCUT2D eigenvalue weighted by Gasteiger charge is -2.46. The number of carbonyl (C=O) groups excluding carboxylic acids is 3. The summed E-state index contributed by atoms with van der Waals surface area (Å²) in [4.78, 5) is 36.8. The van der Waals surface area contributed by atoms with Crippen molar-refractivity contribution in [2.24, 2.45) is 17.1 Å². The third-order valence-electron chi connectivity index (χ3n) is 6.41. The van der Waals surface area contributed by atoms with Crippen molar-refractivity contribution < 1.29 is 48.2 Å². The summed E-state index contributed by atoms with van der Waals surface area (Å²) in [5.41, 5.74) is 4.69. The Bertz CT molecular complexity index is 794. The molecule has 2 heterocycles. The quantitative estimate of drug-likeness (QED) is 0.183. The van der Waals surface area contributed by atoms with E-state index in [-0.39, 0.29) is 43.2 Å². The molecule has 4 rings (SSSR count). The topological polar surface area (TPSA) is 187 Å². The Morgan fingerprint density at radius 1 is 1.19 bits per heavy atom. The van der Waals surface area contributed by atoms with Crippen LogP contribution in [0, 0.1) is 11.3 Å². The van der Waals surface area contributed by atoms with Crippen LogP contribution in [-0.4, -0.2) is 70.7 Å². The van der Waals surface area contributed by atoms with E-state index in [4.69, 9.17) is 29.4 Å². The highest BCUT2D eigenvalue weighted by atomic mass is 31.2. The van der Waals surface area contributed by atoms with Gasteiger partial charge in [-0.25, -0.2) is 9.88 Å². The van der Waals surface area contributed by atoms with E-state index in [9.17, 15) is 24.6 Å². The maximum Gasteiger partial charge on any atom is 0.386 e. The molecule has 6 N–H and O–H groups in total. The van der Waals surface area contributed by atoms with Crippen LogP contribution in [0.25, 0.3) is 0 Å². The fraction of sp³-hybridized carbons (Fsp3) is 0.737. The van der Waals surface area contributed by atoms with Crippen LogP contribution in [0.3, 0.4) is 0 Å².